The third-order valence-corrected chi connectivity index (χ3v) is 7.24. The summed E-state index contributed by atoms with van der Waals surface area (Å²) in [6.07, 6.45) is 2.17. The average molecular weight is 435 g/mol. The Hall–Kier alpha value is -2.29. The molecule has 0 radical (unpaired) electrons. The maximum absolute atomic E-state index is 12.2. The number of rotatable bonds is 9. The first-order chi connectivity index (χ1) is 14.4. The molecule has 0 amide bonds. The van der Waals surface area contributed by atoms with Gasteiger partial charge in [0.1, 0.15) is 23.9 Å². The summed E-state index contributed by atoms with van der Waals surface area (Å²) in [5.74, 6) is 2.34. The molecule has 2 aromatic carbocycles. The van der Waals surface area contributed by atoms with Crippen LogP contribution in [0.3, 0.4) is 0 Å². The van der Waals surface area contributed by atoms with Gasteiger partial charge < -0.3 is 14.2 Å². The van der Waals surface area contributed by atoms with Gasteiger partial charge in [0.2, 0.25) is 10.0 Å². The van der Waals surface area contributed by atoms with E-state index in [4.69, 9.17) is 14.2 Å². The molecule has 0 saturated carbocycles. The van der Waals surface area contributed by atoms with Crippen LogP contribution < -0.4 is 14.2 Å². The Kier molecular flexibility index (Phi) is 7.23. The molecule has 164 valence electrons. The van der Waals surface area contributed by atoms with Crippen molar-refractivity contribution in [2.75, 3.05) is 48.0 Å². The molecular weight excluding hydrogens is 404 g/mol. The summed E-state index contributed by atoms with van der Waals surface area (Å²) in [6, 6.07) is 12.7. The second-order valence-electron chi connectivity index (χ2n) is 7.41. The molecular formula is C22H30N2O5S. The zero-order valence-electron chi connectivity index (χ0n) is 18.0. The number of sulfonamides is 1. The summed E-state index contributed by atoms with van der Waals surface area (Å²) in [6.45, 7) is 2.28. The highest BCUT2D eigenvalue weighted by Gasteiger charge is 2.28. The van der Waals surface area contributed by atoms with Gasteiger partial charge in [0, 0.05) is 32.2 Å². The minimum absolute atomic E-state index is 0.254. The van der Waals surface area contributed by atoms with E-state index >= 15 is 0 Å². The Labute approximate surface area is 179 Å². The number of hydrogen-bond acceptors (Lipinski definition) is 6. The van der Waals surface area contributed by atoms with Crippen molar-refractivity contribution in [1.29, 1.82) is 0 Å². The predicted molar refractivity (Wildman–Crippen MR) is 116 cm³/mol. The molecule has 0 bridgehead atoms. The standard InChI is InChI=1S/C22H30N2O5S/c1-23(2)30(25,26)19-10-7-17(8-11-19)29-15-14-24-13-5-6-21(24)20-16-18(27-3)9-12-22(20)28-4/h7-12,16,21H,5-6,13-15H2,1-4H3. The lowest BCUT2D eigenvalue weighted by molar-refractivity contribution is 0.195. The van der Waals surface area contributed by atoms with Crippen LogP contribution in [0, 0.1) is 0 Å². The number of hydrogen-bond donors (Lipinski definition) is 0. The third-order valence-electron chi connectivity index (χ3n) is 5.41. The van der Waals surface area contributed by atoms with Gasteiger partial charge in [-0.2, -0.15) is 0 Å². The summed E-state index contributed by atoms with van der Waals surface area (Å²) in [5, 5.41) is 0. The lowest BCUT2D eigenvalue weighted by atomic mass is 10.0. The molecule has 1 fully saturated rings. The number of benzene rings is 2. The number of ether oxygens (including phenoxy) is 3. The normalized spacial score (nSPS) is 17.3. The van der Waals surface area contributed by atoms with Gasteiger partial charge in [0.15, 0.2) is 0 Å². The van der Waals surface area contributed by atoms with Gasteiger partial charge in [0.25, 0.3) is 0 Å². The molecule has 7 nitrogen and oxygen atoms in total. The topological polar surface area (TPSA) is 68.3 Å². The zero-order chi connectivity index (χ0) is 21.7. The monoisotopic (exact) mass is 434 g/mol. The molecule has 3 rings (SSSR count). The number of nitrogens with zero attached hydrogens (tertiary/aromatic N) is 2. The van der Waals surface area contributed by atoms with Crippen molar-refractivity contribution >= 4 is 10.0 Å². The van der Waals surface area contributed by atoms with Gasteiger partial charge >= 0.3 is 0 Å². The second kappa shape index (κ2) is 9.68. The average Bonchev–Trinajstić information content (AvgIpc) is 3.21. The first-order valence-corrected chi connectivity index (χ1v) is 11.4. The van der Waals surface area contributed by atoms with Crippen molar-refractivity contribution < 1.29 is 22.6 Å². The van der Waals surface area contributed by atoms with E-state index in [1.807, 2.05) is 18.2 Å². The van der Waals surface area contributed by atoms with E-state index in [-0.39, 0.29) is 10.9 Å². The van der Waals surface area contributed by atoms with Crippen LogP contribution in [0.2, 0.25) is 0 Å². The van der Waals surface area contributed by atoms with Gasteiger partial charge in [-0.3, -0.25) is 4.90 Å². The van der Waals surface area contributed by atoms with Gasteiger partial charge in [-0.15, -0.1) is 0 Å². The van der Waals surface area contributed by atoms with E-state index in [2.05, 4.69) is 4.90 Å². The Morgan fingerprint density at radius 2 is 1.73 bits per heavy atom. The summed E-state index contributed by atoms with van der Waals surface area (Å²) in [7, 11) is 2.96. The molecule has 2 aromatic rings. The first-order valence-electron chi connectivity index (χ1n) is 9.98. The molecule has 30 heavy (non-hydrogen) atoms. The van der Waals surface area contributed by atoms with Crippen molar-refractivity contribution in [1.82, 2.24) is 9.21 Å². The fourth-order valence-electron chi connectivity index (χ4n) is 3.75. The third kappa shape index (κ3) is 4.88. The molecule has 1 unspecified atom stereocenters. The van der Waals surface area contributed by atoms with Gasteiger partial charge in [-0.1, -0.05) is 0 Å². The van der Waals surface area contributed by atoms with E-state index in [0.29, 0.717) is 12.4 Å². The van der Waals surface area contributed by atoms with Crippen molar-refractivity contribution in [3.8, 4) is 17.2 Å². The van der Waals surface area contributed by atoms with Gasteiger partial charge in [0.05, 0.1) is 19.1 Å². The Morgan fingerprint density at radius 1 is 1.03 bits per heavy atom. The van der Waals surface area contributed by atoms with Gasteiger partial charge in [-0.25, -0.2) is 12.7 Å². The van der Waals surface area contributed by atoms with Crippen molar-refractivity contribution in [3.05, 3.63) is 48.0 Å². The zero-order valence-corrected chi connectivity index (χ0v) is 18.8. The fourth-order valence-corrected chi connectivity index (χ4v) is 4.65. The SMILES string of the molecule is COc1ccc(OC)c(C2CCCN2CCOc2ccc(S(=O)(=O)N(C)C)cc2)c1. The summed E-state index contributed by atoms with van der Waals surface area (Å²) >= 11 is 0. The lowest BCUT2D eigenvalue weighted by Gasteiger charge is -2.26. The molecule has 8 heteroatoms. The maximum atomic E-state index is 12.2. The van der Waals surface area contributed by atoms with E-state index < -0.39 is 10.0 Å². The molecule has 1 atom stereocenters. The summed E-state index contributed by atoms with van der Waals surface area (Å²) in [4.78, 5) is 2.65. The van der Waals surface area contributed by atoms with Crippen LogP contribution in [0.5, 0.6) is 17.2 Å². The Balaban J connectivity index is 1.62. The smallest absolute Gasteiger partial charge is 0.242 e. The number of likely N-dealkylation sites (tertiary alicyclic amines) is 1. The van der Waals surface area contributed by atoms with E-state index in [1.54, 1.807) is 38.5 Å². The molecule has 1 aliphatic rings. The van der Waals surface area contributed by atoms with Crippen LogP contribution in [0.1, 0.15) is 24.4 Å². The van der Waals surface area contributed by atoms with Crippen molar-refractivity contribution in [2.45, 2.75) is 23.8 Å². The van der Waals surface area contributed by atoms with Crippen LogP contribution in [-0.4, -0.2) is 65.6 Å². The Morgan fingerprint density at radius 3 is 2.37 bits per heavy atom. The van der Waals surface area contributed by atoms with E-state index in [0.717, 1.165) is 43.0 Å². The van der Waals surface area contributed by atoms with E-state index in [1.165, 1.54) is 18.4 Å². The molecule has 1 aliphatic heterocycles. The predicted octanol–water partition coefficient (Wildman–Crippen LogP) is 3.17. The molecule has 1 saturated heterocycles. The van der Waals surface area contributed by atoms with E-state index in [9.17, 15) is 8.42 Å². The summed E-state index contributed by atoms with van der Waals surface area (Å²) < 4.78 is 42.4. The maximum Gasteiger partial charge on any atom is 0.242 e. The van der Waals surface area contributed by atoms with Crippen LogP contribution in [-0.2, 0) is 10.0 Å². The highest BCUT2D eigenvalue weighted by molar-refractivity contribution is 7.89. The van der Waals surface area contributed by atoms with Crippen LogP contribution >= 0.6 is 0 Å². The molecule has 0 aromatic heterocycles. The van der Waals surface area contributed by atoms with Crippen LogP contribution in [0.4, 0.5) is 0 Å². The van der Waals surface area contributed by atoms with Crippen molar-refractivity contribution in [2.24, 2.45) is 0 Å². The Bertz CT molecular complexity index is 945. The minimum Gasteiger partial charge on any atom is -0.497 e. The molecule has 1 heterocycles. The first kappa shape index (κ1) is 22.4. The van der Waals surface area contributed by atoms with Gasteiger partial charge in [-0.05, 0) is 61.9 Å². The number of methoxy groups -OCH3 is 2. The highest BCUT2D eigenvalue weighted by Crippen LogP contribution is 2.38. The van der Waals surface area contributed by atoms with Crippen LogP contribution in [0.25, 0.3) is 0 Å². The van der Waals surface area contributed by atoms with Crippen LogP contribution in [0.15, 0.2) is 47.4 Å². The quantitative estimate of drug-likeness (QED) is 0.604. The molecule has 0 spiro atoms. The van der Waals surface area contributed by atoms with Crippen molar-refractivity contribution in [3.63, 3.8) is 0 Å². The largest absolute Gasteiger partial charge is 0.497 e. The minimum atomic E-state index is -3.43. The fraction of sp³-hybridized carbons (Fsp3) is 0.455. The summed E-state index contributed by atoms with van der Waals surface area (Å²) in [5.41, 5.74) is 1.13. The second-order valence-corrected chi connectivity index (χ2v) is 9.56. The molecule has 0 N–H and O–H groups in total. The highest BCUT2D eigenvalue weighted by atomic mass is 32.2. The lowest BCUT2D eigenvalue weighted by Crippen LogP contribution is -2.28. The molecule has 0 aliphatic carbocycles.